The van der Waals surface area contributed by atoms with Crippen molar-refractivity contribution in [3.8, 4) is 11.7 Å². The van der Waals surface area contributed by atoms with E-state index in [1.165, 1.54) is 12.8 Å². The van der Waals surface area contributed by atoms with Crippen LogP contribution in [0.15, 0.2) is 21.0 Å². The summed E-state index contributed by atoms with van der Waals surface area (Å²) in [5.74, 6) is 3.10. The normalized spacial score (nSPS) is 23.1. The van der Waals surface area contributed by atoms with Gasteiger partial charge in [0.1, 0.15) is 12.4 Å². The molecule has 0 radical (unpaired) electrons. The van der Waals surface area contributed by atoms with E-state index >= 15 is 0 Å². The quantitative estimate of drug-likeness (QED) is 0.851. The molecule has 0 aliphatic heterocycles. The minimum Gasteiger partial charge on any atom is -0.456 e. The highest BCUT2D eigenvalue weighted by molar-refractivity contribution is 5.43. The van der Waals surface area contributed by atoms with Crippen LogP contribution >= 0.6 is 0 Å². The Hall–Kier alpha value is -1.62. The lowest BCUT2D eigenvalue weighted by Crippen LogP contribution is -2.21. The molecule has 0 bridgehead atoms. The second-order valence-electron chi connectivity index (χ2n) is 5.62. The van der Waals surface area contributed by atoms with E-state index in [1.807, 2.05) is 19.1 Å². The summed E-state index contributed by atoms with van der Waals surface area (Å²) in [7, 11) is 0. The molecule has 20 heavy (non-hydrogen) atoms. The maximum Gasteiger partial charge on any atom is 0.283 e. The van der Waals surface area contributed by atoms with E-state index in [0.717, 1.165) is 24.5 Å². The largest absolute Gasteiger partial charge is 0.456 e. The Bertz CT molecular complexity index is 561. The van der Waals surface area contributed by atoms with Crippen LogP contribution in [0.25, 0.3) is 11.7 Å². The number of nitrogens with zero attached hydrogens (tertiary/aromatic N) is 2. The summed E-state index contributed by atoms with van der Waals surface area (Å²) >= 11 is 0. The summed E-state index contributed by atoms with van der Waals surface area (Å²) in [6.07, 6.45) is 5.12. The Kier molecular flexibility index (Phi) is 3.87. The van der Waals surface area contributed by atoms with Gasteiger partial charge in [0, 0.05) is 0 Å². The van der Waals surface area contributed by atoms with Crippen molar-refractivity contribution in [3.05, 3.63) is 23.8 Å². The van der Waals surface area contributed by atoms with Crippen LogP contribution in [0.1, 0.15) is 44.3 Å². The third-order valence-corrected chi connectivity index (χ3v) is 3.75. The molecule has 0 spiro atoms. The molecule has 5 nitrogen and oxygen atoms in total. The molecule has 3 rings (SSSR count). The zero-order valence-corrected chi connectivity index (χ0v) is 12.0. The maximum absolute atomic E-state index is 5.87. The van der Waals surface area contributed by atoms with Gasteiger partial charge in [0.15, 0.2) is 5.76 Å². The molecule has 108 valence electrons. The lowest BCUT2D eigenvalue weighted by Gasteiger charge is -2.26. The van der Waals surface area contributed by atoms with Crippen LogP contribution in [-0.4, -0.2) is 16.3 Å². The van der Waals surface area contributed by atoms with E-state index in [0.29, 0.717) is 30.3 Å². The topological polar surface area (TPSA) is 61.3 Å². The van der Waals surface area contributed by atoms with Gasteiger partial charge in [-0.3, -0.25) is 0 Å². The Balaban J connectivity index is 1.57. The van der Waals surface area contributed by atoms with Gasteiger partial charge in [-0.2, -0.15) is 0 Å². The first kappa shape index (κ1) is 13.4. The van der Waals surface area contributed by atoms with Crippen molar-refractivity contribution in [1.82, 2.24) is 10.2 Å². The molecule has 2 aromatic rings. The average molecular weight is 276 g/mol. The van der Waals surface area contributed by atoms with Crippen molar-refractivity contribution in [2.75, 3.05) is 0 Å². The highest BCUT2D eigenvalue weighted by Crippen LogP contribution is 2.26. The summed E-state index contributed by atoms with van der Waals surface area (Å²) in [5.41, 5.74) is 0. The number of aryl methyl sites for hydroxylation is 1. The Morgan fingerprint density at radius 1 is 1.25 bits per heavy atom. The van der Waals surface area contributed by atoms with Crippen molar-refractivity contribution < 1.29 is 13.6 Å². The molecule has 5 heteroatoms. The Morgan fingerprint density at radius 2 is 2.15 bits per heavy atom. The van der Waals surface area contributed by atoms with Crippen molar-refractivity contribution in [1.29, 1.82) is 0 Å². The molecular weight excluding hydrogens is 256 g/mol. The van der Waals surface area contributed by atoms with Gasteiger partial charge in [-0.25, -0.2) is 0 Å². The summed E-state index contributed by atoms with van der Waals surface area (Å²) in [6.45, 7) is 4.54. The van der Waals surface area contributed by atoms with E-state index in [1.54, 1.807) is 0 Å². The van der Waals surface area contributed by atoms with Crippen molar-refractivity contribution in [2.45, 2.75) is 52.2 Å². The van der Waals surface area contributed by atoms with Gasteiger partial charge >= 0.3 is 0 Å². The Labute approximate surface area is 118 Å². The van der Waals surface area contributed by atoms with Crippen LogP contribution in [0.3, 0.4) is 0 Å². The van der Waals surface area contributed by atoms with Crippen LogP contribution in [0.2, 0.25) is 0 Å². The number of rotatable bonds is 4. The summed E-state index contributed by atoms with van der Waals surface area (Å²) in [6, 6.07) is 3.70. The highest BCUT2D eigenvalue weighted by atomic mass is 16.5. The predicted octanol–water partition coefficient (Wildman–Crippen LogP) is 3.73. The van der Waals surface area contributed by atoms with Crippen LogP contribution in [0.4, 0.5) is 0 Å². The molecule has 1 saturated carbocycles. The first-order chi connectivity index (χ1) is 9.70. The van der Waals surface area contributed by atoms with E-state index in [4.69, 9.17) is 13.6 Å². The zero-order chi connectivity index (χ0) is 13.9. The van der Waals surface area contributed by atoms with E-state index in [-0.39, 0.29) is 0 Å². The van der Waals surface area contributed by atoms with Gasteiger partial charge in [-0.1, -0.05) is 19.8 Å². The fraction of sp³-hybridized carbons (Fsp3) is 0.600. The molecular formula is C15H20N2O3. The van der Waals surface area contributed by atoms with E-state index in [2.05, 4.69) is 17.1 Å². The highest BCUT2D eigenvalue weighted by Gasteiger charge is 2.20. The fourth-order valence-corrected chi connectivity index (χ4v) is 2.68. The minimum atomic E-state index is 0.319. The van der Waals surface area contributed by atoms with Crippen LogP contribution in [0.5, 0.6) is 0 Å². The van der Waals surface area contributed by atoms with Gasteiger partial charge in [-0.05, 0) is 37.8 Å². The number of furan rings is 1. The van der Waals surface area contributed by atoms with Gasteiger partial charge in [0.05, 0.1) is 6.10 Å². The number of hydrogen-bond acceptors (Lipinski definition) is 5. The molecule has 0 N–H and O–H groups in total. The monoisotopic (exact) mass is 276 g/mol. The second kappa shape index (κ2) is 5.79. The standard InChI is InChI=1S/C15H20N2O3/c1-10-4-3-5-12(8-10)18-9-14-16-17-15(20-14)13-7-6-11(2)19-13/h6-7,10,12H,3-5,8-9H2,1-2H3/t10-,12-/m0/s1. The lowest BCUT2D eigenvalue weighted by molar-refractivity contribution is -0.00447. The molecule has 2 heterocycles. The molecule has 2 atom stereocenters. The lowest BCUT2D eigenvalue weighted by atomic mass is 9.89. The average Bonchev–Trinajstić information content (AvgIpc) is 3.05. The third kappa shape index (κ3) is 3.10. The maximum atomic E-state index is 5.87. The molecule has 1 fully saturated rings. The van der Waals surface area contributed by atoms with Crippen molar-refractivity contribution >= 4 is 0 Å². The van der Waals surface area contributed by atoms with Gasteiger partial charge < -0.3 is 13.6 Å². The van der Waals surface area contributed by atoms with E-state index in [9.17, 15) is 0 Å². The summed E-state index contributed by atoms with van der Waals surface area (Å²) in [5, 5.41) is 7.99. The predicted molar refractivity (Wildman–Crippen MR) is 72.9 cm³/mol. The number of hydrogen-bond donors (Lipinski definition) is 0. The molecule has 1 aliphatic carbocycles. The zero-order valence-electron chi connectivity index (χ0n) is 12.0. The number of ether oxygens (including phenoxy) is 1. The molecule has 0 saturated heterocycles. The summed E-state index contributed by atoms with van der Waals surface area (Å²) in [4.78, 5) is 0. The molecule has 0 unspecified atom stereocenters. The SMILES string of the molecule is Cc1ccc(-c2nnc(CO[C@H]3CCC[C@H](C)C3)o2)o1. The molecule has 0 aromatic carbocycles. The first-order valence-electron chi connectivity index (χ1n) is 7.21. The number of aromatic nitrogens is 2. The van der Waals surface area contributed by atoms with Gasteiger partial charge in [0.2, 0.25) is 5.89 Å². The van der Waals surface area contributed by atoms with Gasteiger partial charge in [0.25, 0.3) is 5.89 Å². The third-order valence-electron chi connectivity index (χ3n) is 3.75. The fourth-order valence-electron chi connectivity index (χ4n) is 2.68. The van der Waals surface area contributed by atoms with Crippen LogP contribution in [0, 0.1) is 12.8 Å². The molecule has 0 amide bonds. The van der Waals surface area contributed by atoms with Crippen LogP contribution < -0.4 is 0 Å². The summed E-state index contributed by atoms with van der Waals surface area (Å²) < 4.78 is 16.9. The van der Waals surface area contributed by atoms with Crippen LogP contribution in [-0.2, 0) is 11.3 Å². The molecule has 1 aliphatic rings. The van der Waals surface area contributed by atoms with Gasteiger partial charge in [-0.15, -0.1) is 10.2 Å². The second-order valence-corrected chi connectivity index (χ2v) is 5.62. The molecule has 2 aromatic heterocycles. The first-order valence-corrected chi connectivity index (χ1v) is 7.21. The van der Waals surface area contributed by atoms with E-state index < -0.39 is 0 Å². The minimum absolute atomic E-state index is 0.319. The van der Waals surface area contributed by atoms with Crippen molar-refractivity contribution in [3.63, 3.8) is 0 Å². The van der Waals surface area contributed by atoms with Crippen molar-refractivity contribution in [2.24, 2.45) is 5.92 Å². The Morgan fingerprint density at radius 3 is 2.90 bits per heavy atom. The smallest absolute Gasteiger partial charge is 0.283 e.